The summed E-state index contributed by atoms with van der Waals surface area (Å²) in [6, 6.07) is 5.18. The molecule has 3 nitrogen and oxygen atoms in total. The van der Waals surface area contributed by atoms with Gasteiger partial charge in [0.2, 0.25) is 0 Å². The van der Waals surface area contributed by atoms with Crippen molar-refractivity contribution in [2.75, 3.05) is 13.7 Å². The van der Waals surface area contributed by atoms with Crippen molar-refractivity contribution in [1.29, 1.82) is 5.26 Å². The number of alkyl halides is 1. The Morgan fingerprint density at radius 3 is 2.73 bits per heavy atom. The van der Waals surface area contributed by atoms with Crippen LogP contribution in [0.15, 0.2) is 12.1 Å². The molecule has 0 aliphatic rings. The highest BCUT2D eigenvalue weighted by Crippen LogP contribution is 2.35. The van der Waals surface area contributed by atoms with Crippen LogP contribution in [0.3, 0.4) is 0 Å². The van der Waals surface area contributed by atoms with Gasteiger partial charge in [-0.15, -0.1) is 11.6 Å². The summed E-state index contributed by atoms with van der Waals surface area (Å²) in [6.07, 6.45) is 0. The smallest absolute Gasteiger partial charge is 0.174 e. The monoisotopic (exact) mass is 245 g/mol. The molecular weight excluding hydrogens is 237 g/mol. The van der Waals surface area contributed by atoms with Gasteiger partial charge in [-0.1, -0.05) is 11.6 Å². The molecule has 0 saturated carbocycles. The van der Waals surface area contributed by atoms with Gasteiger partial charge >= 0.3 is 0 Å². The number of hydrogen-bond acceptors (Lipinski definition) is 3. The molecule has 0 bridgehead atoms. The molecule has 0 unspecified atom stereocenters. The van der Waals surface area contributed by atoms with Crippen LogP contribution in [0.25, 0.3) is 0 Å². The molecule has 0 aliphatic heterocycles. The van der Waals surface area contributed by atoms with Gasteiger partial charge in [-0.3, -0.25) is 0 Å². The maximum absolute atomic E-state index is 8.43. The lowest BCUT2D eigenvalue weighted by molar-refractivity contribution is 0.327. The van der Waals surface area contributed by atoms with E-state index in [0.717, 1.165) is 0 Å². The van der Waals surface area contributed by atoms with Crippen LogP contribution in [0.1, 0.15) is 5.56 Å². The molecule has 5 heteroatoms. The minimum Gasteiger partial charge on any atom is -0.493 e. The van der Waals surface area contributed by atoms with E-state index in [9.17, 15) is 0 Å². The number of ether oxygens (including phenoxy) is 2. The van der Waals surface area contributed by atoms with Crippen molar-refractivity contribution in [1.82, 2.24) is 0 Å². The molecular formula is C10H9Cl2NO2. The molecule has 0 radical (unpaired) electrons. The highest BCUT2D eigenvalue weighted by atomic mass is 35.5. The first kappa shape index (κ1) is 12.0. The van der Waals surface area contributed by atoms with Gasteiger partial charge < -0.3 is 9.47 Å². The minimum atomic E-state index is -0.0537. The van der Waals surface area contributed by atoms with Crippen LogP contribution in [0.4, 0.5) is 0 Å². The fourth-order valence-electron chi connectivity index (χ4n) is 1.14. The summed E-state index contributed by atoms with van der Waals surface area (Å²) >= 11 is 11.6. The molecule has 80 valence electrons. The lowest BCUT2D eigenvalue weighted by Crippen LogP contribution is -2.00. The van der Waals surface area contributed by atoms with Gasteiger partial charge in [0.05, 0.1) is 13.0 Å². The predicted molar refractivity (Wildman–Crippen MR) is 58.7 cm³/mol. The summed E-state index contributed by atoms with van der Waals surface area (Å²) in [6.45, 7) is -0.0537. The lowest BCUT2D eigenvalue weighted by Gasteiger charge is -2.12. The summed E-state index contributed by atoms with van der Waals surface area (Å²) < 4.78 is 10.3. The Morgan fingerprint density at radius 2 is 2.20 bits per heavy atom. The van der Waals surface area contributed by atoms with Crippen molar-refractivity contribution in [3.05, 3.63) is 22.7 Å². The minimum absolute atomic E-state index is 0.0537. The fraction of sp³-hybridized carbons (Fsp3) is 0.300. The molecule has 0 atom stereocenters. The zero-order valence-electron chi connectivity index (χ0n) is 8.09. The van der Waals surface area contributed by atoms with Crippen LogP contribution in [-0.2, 0) is 5.88 Å². The molecule has 0 aliphatic carbocycles. The van der Waals surface area contributed by atoms with Crippen LogP contribution in [0.5, 0.6) is 11.5 Å². The first-order valence-electron chi connectivity index (χ1n) is 4.15. The number of rotatable bonds is 4. The van der Waals surface area contributed by atoms with Gasteiger partial charge in [-0.2, -0.15) is 5.26 Å². The van der Waals surface area contributed by atoms with Gasteiger partial charge in [0, 0.05) is 16.7 Å². The van der Waals surface area contributed by atoms with Gasteiger partial charge in [-0.05, 0) is 6.07 Å². The number of methoxy groups -OCH3 is 1. The third-order valence-corrected chi connectivity index (χ3v) is 2.25. The van der Waals surface area contributed by atoms with E-state index in [4.69, 9.17) is 37.9 Å². The zero-order valence-corrected chi connectivity index (χ0v) is 9.60. The van der Waals surface area contributed by atoms with Gasteiger partial charge in [0.25, 0.3) is 0 Å². The van der Waals surface area contributed by atoms with Crippen LogP contribution in [-0.4, -0.2) is 13.7 Å². The molecule has 0 saturated heterocycles. The van der Waals surface area contributed by atoms with Crippen LogP contribution in [0, 0.1) is 11.3 Å². The Labute approximate surface area is 98.1 Å². The number of nitriles is 1. The van der Waals surface area contributed by atoms with Gasteiger partial charge in [-0.25, -0.2) is 0 Å². The summed E-state index contributed by atoms with van der Waals surface area (Å²) in [4.78, 5) is 0. The van der Waals surface area contributed by atoms with Crippen molar-refractivity contribution in [3.63, 3.8) is 0 Å². The average molecular weight is 246 g/mol. The van der Waals surface area contributed by atoms with Crippen LogP contribution >= 0.6 is 23.2 Å². The number of hydrogen-bond donors (Lipinski definition) is 0. The Morgan fingerprint density at radius 1 is 1.47 bits per heavy atom. The molecule has 1 aromatic rings. The van der Waals surface area contributed by atoms with Crippen LogP contribution < -0.4 is 9.47 Å². The molecule has 1 rings (SSSR count). The fourth-order valence-corrected chi connectivity index (χ4v) is 1.57. The maximum Gasteiger partial charge on any atom is 0.174 e. The number of benzene rings is 1. The quantitative estimate of drug-likeness (QED) is 0.767. The van der Waals surface area contributed by atoms with E-state index in [1.54, 1.807) is 12.1 Å². The molecule has 0 heterocycles. The lowest BCUT2D eigenvalue weighted by atomic mass is 10.2. The molecule has 0 spiro atoms. The van der Waals surface area contributed by atoms with Crippen molar-refractivity contribution in [3.8, 4) is 17.6 Å². The summed E-state index contributed by atoms with van der Waals surface area (Å²) in [5.74, 6) is 1.20. The molecule has 0 amide bonds. The van der Waals surface area contributed by atoms with E-state index >= 15 is 0 Å². The Hall–Kier alpha value is -1.11. The van der Waals surface area contributed by atoms with Crippen molar-refractivity contribution in [2.24, 2.45) is 0 Å². The molecule has 0 aromatic heterocycles. The van der Waals surface area contributed by atoms with Crippen LogP contribution in [0.2, 0.25) is 5.02 Å². The number of halogens is 2. The second kappa shape index (κ2) is 5.69. The van der Waals surface area contributed by atoms with E-state index in [1.807, 2.05) is 6.07 Å². The summed E-state index contributed by atoms with van der Waals surface area (Å²) in [5, 5.41) is 8.95. The average Bonchev–Trinajstić information content (AvgIpc) is 2.26. The molecule has 0 fully saturated rings. The van der Waals surface area contributed by atoms with Crippen molar-refractivity contribution in [2.45, 2.75) is 5.88 Å². The number of nitrogens with zero attached hydrogens (tertiary/aromatic N) is 1. The molecule has 1 aromatic carbocycles. The normalized spacial score (nSPS) is 9.47. The van der Waals surface area contributed by atoms with E-state index in [2.05, 4.69) is 0 Å². The maximum atomic E-state index is 8.43. The Kier molecular flexibility index (Phi) is 4.54. The summed E-state index contributed by atoms with van der Waals surface area (Å²) in [7, 11) is 1.50. The Bertz CT molecular complexity index is 362. The first-order chi connectivity index (χ1) is 7.22. The van der Waals surface area contributed by atoms with Crippen molar-refractivity contribution < 1.29 is 9.47 Å². The summed E-state index contributed by atoms with van der Waals surface area (Å²) in [5.41, 5.74) is 0.705. The van der Waals surface area contributed by atoms with E-state index in [1.165, 1.54) is 7.11 Å². The standard InChI is InChI=1S/C10H9Cl2NO2/c1-14-9-5-8(12)4-7(6-11)10(9)15-3-2-13/h4-5H,3,6H2,1H3. The third kappa shape index (κ3) is 2.92. The highest BCUT2D eigenvalue weighted by molar-refractivity contribution is 6.31. The second-order valence-electron chi connectivity index (χ2n) is 2.68. The third-order valence-electron chi connectivity index (χ3n) is 1.74. The van der Waals surface area contributed by atoms with Gasteiger partial charge in [0.1, 0.15) is 6.07 Å². The predicted octanol–water partition coefficient (Wildman–Crippen LogP) is 2.99. The van der Waals surface area contributed by atoms with E-state index in [-0.39, 0.29) is 12.5 Å². The molecule has 0 N–H and O–H groups in total. The topological polar surface area (TPSA) is 42.2 Å². The second-order valence-corrected chi connectivity index (χ2v) is 3.38. The molecule has 15 heavy (non-hydrogen) atoms. The Balaban J connectivity index is 3.13. The SMILES string of the molecule is COc1cc(Cl)cc(CCl)c1OCC#N. The van der Waals surface area contributed by atoms with E-state index < -0.39 is 0 Å². The van der Waals surface area contributed by atoms with Gasteiger partial charge in [0.15, 0.2) is 18.1 Å². The van der Waals surface area contributed by atoms with E-state index in [0.29, 0.717) is 22.1 Å². The largest absolute Gasteiger partial charge is 0.493 e. The highest BCUT2D eigenvalue weighted by Gasteiger charge is 2.11. The first-order valence-corrected chi connectivity index (χ1v) is 5.06. The zero-order chi connectivity index (χ0) is 11.3. The van der Waals surface area contributed by atoms with Crippen molar-refractivity contribution >= 4 is 23.2 Å².